The highest BCUT2D eigenvalue weighted by Crippen LogP contribution is 2.22. The first kappa shape index (κ1) is 36.9. The number of anilines is 1. The van der Waals surface area contributed by atoms with Gasteiger partial charge in [0.2, 0.25) is 0 Å². The van der Waals surface area contributed by atoms with Gasteiger partial charge in [0.15, 0.2) is 12.2 Å². The predicted octanol–water partition coefficient (Wildman–Crippen LogP) is 2.85. The van der Waals surface area contributed by atoms with E-state index in [0.29, 0.717) is 18.8 Å². The summed E-state index contributed by atoms with van der Waals surface area (Å²) >= 11 is 0. The van der Waals surface area contributed by atoms with Crippen molar-refractivity contribution in [3.05, 3.63) is 29.8 Å². The van der Waals surface area contributed by atoms with Crippen LogP contribution in [0, 0.1) is 5.92 Å². The van der Waals surface area contributed by atoms with Crippen molar-refractivity contribution in [1.82, 2.24) is 15.3 Å². The topological polar surface area (TPSA) is 118 Å². The second kappa shape index (κ2) is 16.7. The van der Waals surface area contributed by atoms with Crippen LogP contribution < -0.4 is 10.2 Å². The van der Waals surface area contributed by atoms with Crippen molar-refractivity contribution in [1.29, 1.82) is 0 Å². The zero-order valence-corrected chi connectivity index (χ0v) is 27.1. The molecule has 248 valence electrons. The maximum Gasteiger partial charge on any atom is 0.329 e. The lowest BCUT2D eigenvalue weighted by Gasteiger charge is -2.32. The van der Waals surface area contributed by atoms with E-state index in [-0.39, 0.29) is 30.3 Å². The van der Waals surface area contributed by atoms with Gasteiger partial charge in [-0.2, -0.15) is 5.12 Å². The highest BCUT2D eigenvalue weighted by Gasteiger charge is 2.38. The number of ether oxygens (including phenoxy) is 3. The number of nitrogens with one attached hydrogen (secondary N) is 1. The number of alkyl halides is 1. The maximum absolute atomic E-state index is 14.4. The first-order valence-corrected chi connectivity index (χ1v) is 14.9. The monoisotopic (exact) mass is 626 g/mol. The average Bonchev–Trinajstić information content (AvgIpc) is 2.97. The van der Waals surface area contributed by atoms with Gasteiger partial charge in [-0.25, -0.2) is 9.18 Å². The van der Waals surface area contributed by atoms with Crippen molar-refractivity contribution in [3.63, 3.8) is 0 Å². The first-order chi connectivity index (χ1) is 20.5. The van der Waals surface area contributed by atoms with E-state index in [1.165, 1.54) is 34.9 Å². The molecule has 0 aromatic heterocycles. The third kappa shape index (κ3) is 11.3. The number of hydrogen-bond donors (Lipinski definition) is 1. The lowest BCUT2D eigenvalue weighted by molar-refractivity contribution is -0.173. The molecule has 0 spiro atoms. The molecule has 1 aliphatic rings. The molecule has 0 radical (unpaired) electrons. The Labute approximate surface area is 259 Å². The van der Waals surface area contributed by atoms with Crippen LogP contribution in [0.25, 0.3) is 0 Å². The Kier molecular flexibility index (Phi) is 14.0. The zero-order valence-electron chi connectivity index (χ0n) is 27.1. The molecule has 0 bridgehead atoms. The number of likely N-dealkylation sites (N-methyl/N-ethyl adjacent to an activating group) is 3. The molecule has 1 saturated heterocycles. The van der Waals surface area contributed by atoms with Crippen LogP contribution in [0.4, 0.5) is 14.6 Å². The summed E-state index contributed by atoms with van der Waals surface area (Å²) in [4.78, 5) is 55.6. The Bertz CT molecular complexity index is 1110. The van der Waals surface area contributed by atoms with Gasteiger partial charge in [-0.1, -0.05) is 30.5 Å². The van der Waals surface area contributed by atoms with Crippen molar-refractivity contribution in [2.75, 3.05) is 52.3 Å². The van der Waals surface area contributed by atoms with Gasteiger partial charge in [-0.05, 0) is 57.9 Å². The Morgan fingerprint density at radius 3 is 2.09 bits per heavy atom. The van der Waals surface area contributed by atoms with E-state index >= 15 is 0 Å². The summed E-state index contributed by atoms with van der Waals surface area (Å²) in [6.07, 6.45) is -2.82. The highest BCUT2D eigenvalue weighted by atomic mass is 19.2. The van der Waals surface area contributed by atoms with E-state index in [2.05, 4.69) is 10.2 Å². The fourth-order valence-electron chi connectivity index (χ4n) is 4.86. The largest absolute Gasteiger partial charge is 0.451 e. The Morgan fingerprint density at radius 2 is 1.59 bits per heavy atom. The van der Waals surface area contributed by atoms with E-state index in [1.54, 1.807) is 0 Å². The van der Waals surface area contributed by atoms with E-state index in [4.69, 9.17) is 14.2 Å². The number of amides is 2. The minimum absolute atomic E-state index is 0.0151. The Morgan fingerprint density at radius 1 is 1.00 bits per heavy atom. The third-order valence-electron chi connectivity index (χ3n) is 7.32. The molecular formula is C31H48F2N4O7. The van der Waals surface area contributed by atoms with Gasteiger partial charge in [0.05, 0.1) is 13.2 Å². The first-order valence-electron chi connectivity index (χ1n) is 14.9. The SMILES string of the molecule is CN[C@@H](CC(C)(C)F)C(=O)O[C@H](Cc1ccc(N2CCOCC2)cc1)C(=O)N(C)[C@@H](CC(C)C)C(=O)O[C@H](C)C(=O)N(C)F. The molecule has 0 aliphatic carbocycles. The molecule has 44 heavy (non-hydrogen) atoms. The quantitative estimate of drug-likeness (QED) is 0.232. The van der Waals surface area contributed by atoms with Crippen molar-refractivity contribution in [2.24, 2.45) is 5.92 Å². The van der Waals surface area contributed by atoms with Crippen LogP contribution in [-0.2, 0) is 39.8 Å². The number of halogens is 2. The van der Waals surface area contributed by atoms with Gasteiger partial charge < -0.3 is 29.3 Å². The number of rotatable bonds is 15. The Balaban J connectivity index is 2.35. The van der Waals surface area contributed by atoms with Crippen molar-refractivity contribution in [2.45, 2.75) is 83.8 Å². The van der Waals surface area contributed by atoms with Crippen LogP contribution in [0.15, 0.2) is 24.3 Å². The molecule has 2 rings (SSSR count). The van der Waals surface area contributed by atoms with E-state index in [9.17, 15) is 28.0 Å². The third-order valence-corrected chi connectivity index (χ3v) is 7.32. The van der Waals surface area contributed by atoms with Crippen LogP contribution >= 0.6 is 0 Å². The lowest BCUT2D eigenvalue weighted by Crippen LogP contribution is -2.51. The summed E-state index contributed by atoms with van der Waals surface area (Å²) < 4.78 is 44.2. The molecule has 13 heteroatoms. The zero-order chi connectivity index (χ0) is 33.2. The standard InChI is InChI=1S/C31H48F2N4O7/c1-20(2)17-25(30(41)43-21(3)27(38)36(8)33)35(7)28(39)26(44-29(40)24(34-6)19-31(4,5)32)18-22-9-11-23(12-10-22)37-13-15-42-16-14-37/h9-12,20-21,24-26,34H,13-19H2,1-8H3/t21-,24+,25+,26-/m1/s1. The van der Waals surface area contributed by atoms with Gasteiger partial charge in [-0.15, -0.1) is 0 Å². The summed E-state index contributed by atoms with van der Waals surface area (Å²) in [5.74, 6) is -3.54. The molecule has 1 aliphatic heterocycles. The van der Waals surface area contributed by atoms with Crippen LogP contribution in [0.1, 0.15) is 53.0 Å². The molecule has 1 heterocycles. The molecule has 2 amide bonds. The molecule has 1 aromatic carbocycles. The lowest BCUT2D eigenvalue weighted by atomic mass is 10.00. The number of carbonyl (C=O) groups excluding carboxylic acids is 4. The van der Waals surface area contributed by atoms with Crippen molar-refractivity contribution in [3.8, 4) is 0 Å². The number of carbonyl (C=O) groups is 4. The summed E-state index contributed by atoms with van der Waals surface area (Å²) in [7, 11) is 3.77. The summed E-state index contributed by atoms with van der Waals surface area (Å²) in [5.41, 5.74) is -0.00920. The van der Waals surface area contributed by atoms with Crippen LogP contribution in [0.3, 0.4) is 0 Å². The number of benzene rings is 1. The van der Waals surface area contributed by atoms with Gasteiger partial charge in [0.1, 0.15) is 17.8 Å². The summed E-state index contributed by atoms with van der Waals surface area (Å²) in [6, 6.07) is 5.31. The second-order valence-corrected chi connectivity index (χ2v) is 12.1. The van der Waals surface area contributed by atoms with Crippen LogP contribution in [0.5, 0.6) is 0 Å². The molecule has 4 atom stereocenters. The average molecular weight is 627 g/mol. The predicted molar refractivity (Wildman–Crippen MR) is 161 cm³/mol. The molecule has 11 nitrogen and oxygen atoms in total. The minimum Gasteiger partial charge on any atom is -0.451 e. The number of hydrogen-bond acceptors (Lipinski definition) is 9. The van der Waals surface area contributed by atoms with Crippen LogP contribution in [0.2, 0.25) is 0 Å². The number of esters is 2. The Hall–Kier alpha value is -3.32. The van der Waals surface area contributed by atoms with Gasteiger partial charge in [-0.3, -0.25) is 14.4 Å². The van der Waals surface area contributed by atoms with E-state index in [0.717, 1.165) is 30.7 Å². The van der Waals surface area contributed by atoms with Crippen molar-refractivity contribution >= 4 is 29.4 Å². The van der Waals surface area contributed by atoms with Gasteiger partial charge >= 0.3 is 11.9 Å². The van der Waals surface area contributed by atoms with Crippen LogP contribution in [-0.4, -0.2) is 111 Å². The molecule has 0 unspecified atom stereocenters. The maximum atomic E-state index is 14.4. The number of morpholine rings is 1. The van der Waals surface area contributed by atoms with E-state index in [1.807, 2.05) is 38.1 Å². The second-order valence-electron chi connectivity index (χ2n) is 12.1. The van der Waals surface area contributed by atoms with Gasteiger partial charge in [0.25, 0.3) is 11.8 Å². The molecule has 1 N–H and O–H groups in total. The molecule has 0 saturated carbocycles. The highest BCUT2D eigenvalue weighted by molar-refractivity contribution is 5.90. The normalized spacial score (nSPS) is 16.5. The molecular weight excluding hydrogens is 578 g/mol. The molecule has 1 aromatic rings. The summed E-state index contributed by atoms with van der Waals surface area (Å²) in [5, 5.41) is 2.57. The van der Waals surface area contributed by atoms with Crippen molar-refractivity contribution < 1.29 is 42.3 Å². The minimum atomic E-state index is -1.69. The fraction of sp³-hybridized carbons (Fsp3) is 0.677. The summed E-state index contributed by atoms with van der Waals surface area (Å²) in [6.45, 7) is 10.3. The smallest absolute Gasteiger partial charge is 0.329 e. The van der Waals surface area contributed by atoms with E-state index < -0.39 is 53.7 Å². The van der Waals surface area contributed by atoms with Gasteiger partial charge in [0, 0.05) is 45.7 Å². The molecule has 1 fully saturated rings. The number of nitrogens with zero attached hydrogens (tertiary/aromatic N) is 3. The fourth-order valence-corrected chi connectivity index (χ4v) is 4.86.